The van der Waals surface area contributed by atoms with Crippen molar-refractivity contribution >= 4 is 11.9 Å². The van der Waals surface area contributed by atoms with Gasteiger partial charge in [-0.2, -0.15) is 0 Å². The number of carbonyl (C=O) groups is 2. The summed E-state index contributed by atoms with van der Waals surface area (Å²) in [5.74, 6) is -0.490. The number of aliphatic carboxylic acids is 1. The first-order valence-electron chi connectivity index (χ1n) is 4.72. The van der Waals surface area contributed by atoms with E-state index in [1.54, 1.807) is 0 Å². The van der Waals surface area contributed by atoms with Crippen molar-refractivity contribution in [3.63, 3.8) is 0 Å². The van der Waals surface area contributed by atoms with Crippen LogP contribution in [0.1, 0.15) is 6.92 Å². The number of amides is 1. The van der Waals surface area contributed by atoms with Gasteiger partial charge < -0.3 is 15.2 Å². The van der Waals surface area contributed by atoms with E-state index < -0.39 is 12.0 Å². The molecular formula is C9H13NO4. The third-order valence-electron chi connectivity index (χ3n) is 2.98. The van der Waals surface area contributed by atoms with Crippen LogP contribution in [0.15, 0.2) is 0 Å². The zero-order valence-corrected chi connectivity index (χ0v) is 7.90. The molecule has 78 valence electrons. The Bertz CT molecular complexity index is 268. The van der Waals surface area contributed by atoms with Crippen LogP contribution in [-0.2, 0) is 14.3 Å². The van der Waals surface area contributed by atoms with Gasteiger partial charge in [-0.15, -0.1) is 0 Å². The van der Waals surface area contributed by atoms with Crippen LogP contribution in [-0.4, -0.2) is 36.2 Å². The Morgan fingerprint density at radius 1 is 1.43 bits per heavy atom. The van der Waals surface area contributed by atoms with Gasteiger partial charge in [0.05, 0.1) is 13.2 Å². The van der Waals surface area contributed by atoms with Gasteiger partial charge in [0.2, 0.25) is 5.91 Å². The maximum Gasteiger partial charge on any atom is 0.325 e. The molecule has 0 aromatic rings. The highest BCUT2D eigenvalue weighted by atomic mass is 16.5. The van der Waals surface area contributed by atoms with E-state index >= 15 is 0 Å². The van der Waals surface area contributed by atoms with Crippen molar-refractivity contribution in [2.24, 2.45) is 17.8 Å². The van der Waals surface area contributed by atoms with E-state index in [2.05, 4.69) is 5.32 Å². The molecule has 5 nitrogen and oxygen atoms in total. The van der Waals surface area contributed by atoms with E-state index in [1.165, 1.54) is 6.92 Å². The van der Waals surface area contributed by atoms with E-state index in [9.17, 15) is 9.59 Å². The molecule has 0 radical (unpaired) electrons. The van der Waals surface area contributed by atoms with E-state index in [1.807, 2.05) is 0 Å². The minimum Gasteiger partial charge on any atom is -0.480 e. The maximum atomic E-state index is 11.5. The van der Waals surface area contributed by atoms with Crippen molar-refractivity contribution in [3.8, 4) is 0 Å². The van der Waals surface area contributed by atoms with Gasteiger partial charge in [-0.1, -0.05) is 0 Å². The molecule has 1 saturated heterocycles. The Kier molecular flexibility index (Phi) is 2.19. The molecule has 1 aliphatic carbocycles. The second-order valence-corrected chi connectivity index (χ2v) is 3.96. The molecule has 1 saturated carbocycles. The van der Waals surface area contributed by atoms with Gasteiger partial charge in [-0.05, 0) is 18.8 Å². The van der Waals surface area contributed by atoms with Gasteiger partial charge in [0, 0.05) is 5.92 Å². The molecule has 3 atom stereocenters. The Balaban J connectivity index is 1.83. The molecule has 2 rings (SSSR count). The van der Waals surface area contributed by atoms with Crippen LogP contribution in [0.25, 0.3) is 0 Å². The second kappa shape index (κ2) is 3.24. The summed E-state index contributed by atoms with van der Waals surface area (Å²) in [4.78, 5) is 22.0. The minimum atomic E-state index is -1.000. The Hall–Kier alpha value is -1.10. The van der Waals surface area contributed by atoms with E-state index in [0.29, 0.717) is 25.0 Å². The van der Waals surface area contributed by atoms with Crippen LogP contribution < -0.4 is 5.32 Å². The van der Waals surface area contributed by atoms with Crippen LogP contribution in [0.4, 0.5) is 0 Å². The number of carboxylic acids is 1. The van der Waals surface area contributed by atoms with Crippen molar-refractivity contribution in [2.75, 3.05) is 13.2 Å². The summed E-state index contributed by atoms with van der Waals surface area (Å²) in [5.41, 5.74) is 0. The van der Waals surface area contributed by atoms with Crippen LogP contribution in [0, 0.1) is 17.8 Å². The quantitative estimate of drug-likeness (QED) is 0.640. The smallest absolute Gasteiger partial charge is 0.325 e. The van der Waals surface area contributed by atoms with Crippen LogP contribution >= 0.6 is 0 Å². The van der Waals surface area contributed by atoms with Gasteiger partial charge in [-0.3, -0.25) is 9.59 Å². The first-order chi connectivity index (χ1) is 6.61. The van der Waals surface area contributed by atoms with Crippen molar-refractivity contribution < 1.29 is 19.4 Å². The third kappa shape index (κ3) is 1.48. The van der Waals surface area contributed by atoms with Crippen molar-refractivity contribution in [1.82, 2.24) is 5.32 Å². The van der Waals surface area contributed by atoms with Crippen LogP contribution in [0.2, 0.25) is 0 Å². The normalized spacial score (nSPS) is 35.9. The largest absolute Gasteiger partial charge is 0.480 e. The molecule has 0 bridgehead atoms. The van der Waals surface area contributed by atoms with Gasteiger partial charge in [-0.25, -0.2) is 0 Å². The lowest BCUT2D eigenvalue weighted by molar-refractivity contribution is -0.141. The Morgan fingerprint density at radius 2 is 2.00 bits per heavy atom. The third-order valence-corrected chi connectivity index (χ3v) is 2.98. The highest BCUT2D eigenvalue weighted by Crippen LogP contribution is 2.50. The summed E-state index contributed by atoms with van der Waals surface area (Å²) in [6, 6.07) is -0.801. The number of nitrogens with one attached hydrogen (secondary N) is 1. The molecule has 1 amide bonds. The first kappa shape index (κ1) is 9.45. The van der Waals surface area contributed by atoms with Crippen molar-refractivity contribution in [3.05, 3.63) is 0 Å². The second-order valence-electron chi connectivity index (χ2n) is 3.96. The summed E-state index contributed by atoms with van der Waals surface area (Å²) in [6.45, 7) is 2.75. The fraction of sp³-hybridized carbons (Fsp3) is 0.778. The van der Waals surface area contributed by atoms with Gasteiger partial charge in [0.25, 0.3) is 0 Å². The number of hydrogen-bond acceptors (Lipinski definition) is 3. The lowest BCUT2D eigenvalue weighted by Crippen LogP contribution is -2.40. The van der Waals surface area contributed by atoms with Gasteiger partial charge in [0.1, 0.15) is 6.04 Å². The SMILES string of the molecule is C[C@@H](NC(=O)C1C2COCC21)C(=O)O. The highest BCUT2D eigenvalue weighted by molar-refractivity contribution is 5.87. The molecular weight excluding hydrogens is 186 g/mol. The van der Waals surface area contributed by atoms with E-state index in [4.69, 9.17) is 9.84 Å². The van der Waals surface area contributed by atoms with Crippen molar-refractivity contribution in [2.45, 2.75) is 13.0 Å². The standard InChI is InChI=1S/C9H13NO4/c1-4(9(12)13)10-8(11)7-5-2-14-3-6(5)7/h4-7H,2-3H2,1H3,(H,10,11)(H,12,13)/t4-,5?,6?,7?/m1/s1. The molecule has 14 heavy (non-hydrogen) atoms. The molecule has 2 N–H and O–H groups in total. The predicted octanol–water partition coefficient (Wildman–Crippen LogP) is -0.532. The summed E-state index contributed by atoms with van der Waals surface area (Å²) >= 11 is 0. The molecule has 5 heteroatoms. The molecule has 2 fully saturated rings. The molecule has 0 aromatic heterocycles. The zero-order chi connectivity index (χ0) is 10.3. The number of rotatable bonds is 3. The summed E-state index contributed by atoms with van der Waals surface area (Å²) in [7, 11) is 0. The van der Waals surface area contributed by atoms with Crippen LogP contribution in [0.3, 0.4) is 0 Å². The average molecular weight is 199 g/mol. The number of fused-ring (bicyclic) bond motifs is 1. The number of hydrogen-bond donors (Lipinski definition) is 2. The summed E-state index contributed by atoms with van der Waals surface area (Å²) in [6.07, 6.45) is 0. The first-order valence-corrected chi connectivity index (χ1v) is 4.72. The molecule has 2 aliphatic rings. The molecule has 0 spiro atoms. The van der Waals surface area contributed by atoms with E-state index in [-0.39, 0.29) is 11.8 Å². The van der Waals surface area contributed by atoms with Crippen molar-refractivity contribution in [1.29, 1.82) is 0 Å². The summed E-state index contributed by atoms with van der Waals surface area (Å²) in [5, 5.41) is 11.1. The molecule has 2 unspecified atom stereocenters. The number of ether oxygens (including phenoxy) is 1. The molecule has 1 aliphatic heterocycles. The molecule has 0 aromatic carbocycles. The number of carboxylic acid groups (broad SMARTS) is 1. The fourth-order valence-electron chi connectivity index (χ4n) is 2.00. The lowest BCUT2D eigenvalue weighted by atomic mass is 10.2. The van der Waals surface area contributed by atoms with Gasteiger partial charge >= 0.3 is 5.97 Å². The zero-order valence-electron chi connectivity index (χ0n) is 7.90. The Labute approximate surface area is 81.4 Å². The minimum absolute atomic E-state index is 0.00875. The van der Waals surface area contributed by atoms with Crippen LogP contribution in [0.5, 0.6) is 0 Å². The topological polar surface area (TPSA) is 75.6 Å². The highest BCUT2D eigenvalue weighted by Gasteiger charge is 2.58. The Morgan fingerprint density at radius 3 is 2.50 bits per heavy atom. The number of carbonyl (C=O) groups excluding carboxylic acids is 1. The average Bonchev–Trinajstić information content (AvgIpc) is 2.61. The molecule has 1 heterocycles. The predicted molar refractivity (Wildman–Crippen MR) is 46.5 cm³/mol. The maximum absolute atomic E-state index is 11.5. The lowest BCUT2D eigenvalue weighted by Gasteiger charge is -2.10. The van der Waals surface area contributed by atoms with Gasteiger partial charge in [0.15, 0.2) is 0 Å². The van der Waals surface area contributed by atoms with E-state index in [0.717, 1.165) is 0 Å². The summed E-state index contributed by atoms with van der Waals surface area (Å²) < 4.78 is 5.14. The fourth-order valence-corrected chi connectivity index (χ4v) is 2.00. The monoisotopic (exact) mass is 199 g/mol.